The molecule has 2 atom stereocenters. The summed E-state index contributed by atoms with van der Waals surface area (Å²) in [5, 5.41) is 4.46. The first-order valence-corrected chi connectivity index (χ1v) is 6.79. The molecule has 1 N–H and O–H groups in total. The van der Waals surface area contributed by atoms with Crippen molar-refractivity contribution >= 4 is 23.2 Å². The topological polar surface area (TPSA) is 24.5 Å². The van der Waals surface area contributed by atoms with Crippen LogP contribution in [0.1, 0.15) is 11.6 Å². The number of nitrogens with one attached hydrogen (secondary N) is 1. The Bertz CT molecular complexity index is 414. The lowest BCUT2D eigenvalue weighted by Crippen LogP contribution is -2.46. The smallest absolute Gasteiger partial charge is 0.0896 e. The fourth-order valence-electron chi connectivity index (χ4n) is 2.29. The lowest BCUT2D eigenvalue weighted by Gasteiger charge is -2.35. The Labute approximate surface area is 118 Å². The SMILES string of the molecule is CNC(c1ccc(Cl)c(Cl)c1)C1CN(C)CCO1. The first kappa shape index (κ1) is 14.1. The number of halogens is 2. The fraction of sp³-hybridized carbons (Fsp3) is 0.538. The van der Waals surface area contributed by atoms with Crippen molar-refractivity contribution < 1.29 is 4.74 Å². The van der Waals surface area contributed by atoms with Crippen LogP contribution in [0.5, 0.6) is 0 Å². The maximum Gasteiger partial charge on any atom is 0.0896 e. The number of rotatable bonds is 3. The molecule has 100 valence electrons. The predicted molar refractivity (Wildman–Crippen MR) is 75.5 cm³/mol. The van der Waals surface area contributed by atoms with Crippen molar-refractivity contribution in [3.05, 3.63) is 33.8 Å². The second-order valence-electron chi connectivity index (χ2n) is 4.61. The highest BCUT2D eigenvalue weighted by molar-refractivity contribution is 6.42. The van der Waals surface area contributed by atoms with Gasteiger partial charge in [0.2, 0.25) is 0 Å². The predicted octanol–water partition coefficient (Wildman–Crippen LogP) is 2.58. The zero-order valence-electron chi connectivity index (χ0n) is 10.6. The van der Waals surface area contributed by atoms with E-state index in [1.165, 1.54) is 0 Å². The molecule has 2 unspecified atom stereocenters. The van der Waals surface area contributed by atoms with Gasteiger partial charge in [-0.25, -0.2) is 0 Å². The van der Waals surface area contributed by atoms with Crippen LogP contribution in [0.15, 0.2) is 18.2 Å². The maximum absolute atomic E-state index is 6.07. The highest BCUT2D eigenvalue weighted by Gasteiger charge is 2.27. The van der Waals surface area contributed by atoms with Crippen molar-refractivity contribution in [3.63, 3.8) is 0 Å². The molecule has 0 amide bonds. The van der Waals surface area contributed by atoms with Crippen LogP contribution in [0.2, 0.25) is 10.0 Å². The van der Waals surface area contributed by atoms with Crippen LogP contribution in [0, 0.1) is 0 Å². The summed E-state index contributed by atoms with van der Waals surface area (Å²) >= 11 is 12.0. The molecule has 18 heavy (non-hydrogen) atoms. The van der Waals surface area contributed by atoms with Gasteiger partial charge >= 0.3 is 0 Å². The van der Waals surface area contributed by atoms with E-state index in [9.17, 15) is 0 Å². The molecule has 0 saturated carbocycles. The van der Waals surface area contributed by atoms with Gasteiger partial charge in [-0.15, -0.1) is 0 Å². The number of benzene rings is 1. The number of morpholine rings is 1. The molecule has 2 rings (SSSR count). The second-order valence-corrected chi connectivity index (χ2v) is 5.43. The number of hydrogen-bond acceptors (Lipinski definition) is 3. The third-order valence-corrected chi connectivity index (χ3v) is 4.02. The average Bonchev–Trinajstić information content (AvgIpc) is 2.35. The van der Waals surface area contributed by atoms with Crippen LogP contribution in [-0.4, -0.2) is 44.8 Å². The minimum Gasteiger partial charge on any atom is -0.374 e. The van der Waals surface area contributed by atoms with Gasteiger partial charge in [-0.3, -0.25) is 0 Å². The highest BCUT2D eigenvalue weighted by Crippen LogP contribution is 2.28. The average molecular weight is 289 g/mol. The second kappa shape index (κ2) is 6.22. The van der Waals surface area contributed by atoms with E-state index >= 15 is 0 Å². The Kier molecular flexibility index (Phi) is 4.87. The highest BCUT2D eigenvalue weighted by atomic mass is 35.5. The van der Waals surface area contributed by atoms with Gasteiger partial charge in [0.15, 0.2) is 0 Å². The molecule has 1 fully saturated rings. The van der Waals surface area contributed by atoms with Crippen LogP contribution in [-0.2, 0) is 4.74 Å². The van der Waals surface area contributed by atoms with E-state index in [0.717, 1.165) is 25.3 Å². The Balaban J connectivity index is 2.18. The standard InChI is InChI=1S/C13H18Cl2N2O/c1-16-13(12-8-17(2)5-6-18-12)9-3-4-10(14)11(15)7-9/h3-4,7,12-13,16H,5-6,8H2,1-2H3. The van der Waals surface area contributed by atoms with Crippen molar-refractivity contribution in [2.75, 3.05) is 33.8 Å². The number of ether oxygens (including phenoxy) is 1. The zero-order chi connectivity index (χ0) is 13.1. The van der Waals surface area contributed by atoms with Gasteiger partial charge in [-0.1, -0.05) is 29.3 Å². The summed E-state index contributed by atoms with van der Waals surface area (Å²) in [5.41, 5.74) is 1.10. The van der Waals surface area contributed by atoms with Crippen LogP contribution >= 0.6 is 23.2 Å². The quantitative estimate of drug-likeness (QED) is 0.925. The normalized spacial score (nSPS) is 23.0. The van der Waals surface area contributed by atoms with E-state index in [4.69, 9.17) is 27.9 Å². The lowest BCUT2D eigenvalue weighted by molar-refractivity contribution is -0.0380. The third-order valence-electron chi connectivity index (χ3n) is 3.28. The summed E-state index contributed by atoms with van der Waals surface area (Å²) in [7, 11) is 4.04. The largest absolute Gasteiger partial charge is 0.374 e. The van der Waals surface area contributed by atoms with Gasteiger partial charge in [0.05, 0.1) is 28.8 Å². The van der Waals surface area contributed by atoms with E-state index in [0.29, 0.717) is 10.0 Å². The van der Waals surface area contributed by atoms with Crippen molar-refractivity contribution in [2.45, 2.75) is 12.1 Å². The summed E-state index contributed by atoms with van der Waals surface area (Å²) in [4.78, 5) is 2.27. The van der Waals surface area contributed by atoms with Gasteiger partial charge in [0, 0.05) is 13.1 Å². The van der Waals surface area contributed by atoms with Gasteiger partial charge in [-0.2, -0.15) is 0 Å². The van der Waals surface area contributed by atoms with Crippen LogP contribution < -0.4 is 5.32 Å². The van der Waals surface area contributed by atoms with E-state index in [2.05, 4.69) is 17.3 Å². The van der Waals surface area contributed by atoms with Crippen molar-refractivity contribution in [3.8, 4) is 0 Å². The molecule has 0 aromatic heterocycles. The third kappa shape index (κ3) is 3.16. The van der Waals surface area contributed by atoms with Crippen LogP contribution in [0.25, 0.3) is 0 Å². The number of hydrogen-bond donors (Lipinski definition) is 1. The molecule has 1 aromatic rings. The minimum atomic E-state index is 0.127. The Morgan fingerprint density at radius 1 is 1.39 bits per heavy atom. The first-order chi connectivity index (χ1) is 8.61. The molecule has 0 radical (unpaired) electrons. The van der Waals surface area contributed by atoms with Crippen LogP contribution in [0.3, 0.4) is 0 Å². The molecule has 1 heterocycles. The molecular formula is C13H18Cl2N2O. The van der Waals surface area contributed by atoms with Gasteiger partial charge < -0.3 is 15.0 Å². The van der Waals surface area contributed by atoms with E-state index in [1.54, 1.807) is 0 Å². The lowest BCUT2D eigenvalue weighted by atomic mass is 10.0. The summed E-state index contributed by atoms with van der Waals surface area (Å²) in [6, 6.07) is 5.86. The molecule has 1 aromatic carbocycles. The van der Waals surface area contributed by atoms with Gasteiger partial charge in [0.1, 0.15) is 0 Å². The molecule has 1 aliphatic heterocycles. The summed E-state index contributed by atoms with van der Waals surface area (Å²) in [6.07, 6.45) is 0.131. The fourth-order valence-corrected chi connectivity index (χ4v) is 2.59. The van der Waals surface area contributed by atoms with E-state index in [-0.39, 0.29) is 12.1 Å². The Morgan fingerprint density at radius 2 is 2.17 bits per heavy atom. The first-order valence-electron chi connectivity index (χ1n) is 6.04. The maximum atomic E-state index is 6.07. The zero-order valence-corrected chi connectivity index (χ0v) is 12.1. The number of likely N-dealkylation sites (N-methyl/N-ethyl adjacent to an activating group) is 2. The van der Waals surface area contributed by atoms with Crippen molar-refractivity contribution in [1.82, 2.24) is 10.2 Å². The Morgan fingerprint density at radius 3 is 2.78 bits per heavy atom. The van der Waals surface area contributed by atoms with Crippen molar-refractivity contribution in [2.24, 2.45) is 0 Å². The summed E-state index contributed by atoms with van der Waals surface area (Å²) < 4.78 is 5.85. The molecule has 1 saturated heterocycles. The monoisotopic (exact) mass is 288 g/mol. The minimum absolute atomic E-state index is 0.127. The van der Waals surface area contributed by atoms with Gasteiger partial charge in [-0.05, 0) is 31.8 Å². The molecule has 0 bridgehead atoms. The summed E-state index contributed by atoms with van der Waals surface area (Å²) in [6.45, 7) is 2.65. The van der Waals surface area contributed by atoms with E-state index < -0.39 is 0 Å². The van der Waals surface area contributed by atoms with Crippen molar-refractivity contribution in [1.29, 1.82) is 0 Å². The summed E-state index contributed by atoms with van der Waals surface area (Å²) in [5.74, 6) is 0. The molecule has 3 nitrogen and oxygen atoms in total. The number of nitrogens with zero attached hydrogens (tertiary/aromatic N) is 1. The van der Waals surface area contributed by atoms with E-state index in [1.807, 2.05) is 25.2 Å². The van der Waals surface area contributed by atoms with Crippen LogP contribution in [0.4, 0.5) is 0 Å². The molecular weight excluding hydrogens is 271 g/mol. The molecule has 5 heteroatoms. The van der Waals surface area contributed by atoms with Gasteiger partial charge in [0.25, 0.3) is 0 Å². The Hall–Kier alpha value is -0.320. The molecule has 0 aliphatic carbocycles. The molecule has 0 spiro atoms. The molecule has 1 aliphatic rings.